The molecule has 166 valence electrons. The van der Waals surface area contributed by atoms with Crippen molar-refractivity contribution < 1.29 is 0 Å². The van der Waals surface area contributed by atoms with Gasteiger partial charge < -0.3 is 0 Å². The molecule has 2 heterocycles. The third kappa shape index (κ3) is 4.37. The van der Waals surface area contributed by atoms with Gasteiger partial charge in [0.05, 0.1) is 17.3 Å². The number of aryl methyl sites for hydroxylation is 1. The number of hydrogen-bond acceptors (Lipinski definition) is 3. The van der Waals surface area contributed by atoms with Gasteiger partial charge in [0.15, 0.2) is 0 Å². The molecule has 1 aromatic heterocycles. The summed E-state index contributed by atoms with van der Waals surface area (Å²) in [6, 6.07) is 28.0. The summed E-state index contributed by atoms with van der Waals surface area (Å²) in [5.74, 6) is 0.746. The summed E-state index contributed by atoms with van der Waals surface area (Å²) in [6.45, 7) is 4.09. The molecule has 0 saturated heterocycles. The van der Waals surface area contributed by atoms with Crippen molar-refractivity contribution in [2.75, 3.05) is 6.54 Å². The molecule has 0 spiro atoms. The van der Waals surface area contributed by atoms with E-state index < -0.39 is 0 Å². The van der Waals surface area contributed by atoms with E-state index in [0.717, 1.165) is 51.8 Å². The van der Waals surface area contributed by atoms with Crippen LogP contribution in [0.4, 0.5) is 0 Å². The van der Waals surface area contributed by atoms with Gasteiger partial charge in [-0.1, -0.05) is 90.5 Å². The third-order valence-corrected chi connectivity index (χ3v) is 6.73. The van der Waals surface area contributed by atoms with Gasteiger partial charge in [0, 0.05) is 31.1 Å². The molecule has 33 heavy (non-hydrogen) atoms. The smallest absolute Gasteiger partial charge is 0.259 e. The minimum atomic E-state index is -0.225. The van der Waals surface area contributed by atoms with E-state index in [-0.39, 0.29) is 11.6 Å². The van der Waals surface area contributed by atoms with Gasteiger partial charge in [-0.05, 0) is 29.7 Å². The molecule has 0 radical (unpaired) electrons. The standard InChI is InChI=1S/C28H26ClN3O/c1-20-30-26-16-17-31(18-23-14-8-9-15-25(23)29)19-24(26)28(33)32(20)27(21-10-4-2-5-11-21)22-12-6-3-7-13-22/h2-15,27H,16-19H2,1H3. The molecule has 0 aliphatic carbocycles. The molecular formula is C28H26ClN3O. The van der Waals surface area contributed by atoms with Crippen LogP contribution in [0, 0.1) is 6.92 Å². The summed E-state index contributed by atoms with van der Waals surface area (Å²) in [5, 5.41) is 0.760. The number of rotatable bonds is 5. The first-order chi connectivity index (χ1) is 16.1. The van der Waals surface area contributed by atoms with E-state index in [1.807, 2.05) is 72.2 Å². The summed E-state index contributed by atoms with van der Waals surface area (Å²) in [4.78, 5) is 21.2. The maximum Gasteiger partial charge on any atom is 0.259 e. The summed E-state index contributed by atoms with van der Waals surface area (Å²) in [5.41, 5.74) is 4.96. The predicted molar refractivity (Wildman–Crippen MR) is 133 cm³/mol. The molecule has 1 aliphatic rings. The van der Waals surface area contributed by atoms with Crippen LogP contribution in [0.25, 0.3) is 0 Å². The molecule has 0 unspecified atom stereocenters. The third-order valence-electron chi connectivity index (χ3n) is 6.36. The fourth-order valence-corrected chi connectivity index (χ4v) is 4.93. The Labute approximate surface area is 199 Å². The van der Waals surface area contributed by atoms with Crippen LogP contribution in [0.5, 0.6) is 0 Å². The van der Waals surface area contributed by atoms with Crippen molar-refractivity contribution in [2.24, 2.45) is 0 Å². The van der Waals surface area contributed by atoms with Gasteiger partial charge >= 0.3 is 0 Å². The zero-order chi connectivity index (χ0) is 22.8. The number of benzene rings is 3. The number of nitrogens with zero attached hydrogens (tertiary/aromatic N) is 3. The van der Waals surface area contributed by atoms with Crippen molar-refractivity contribution >= 4 is 11.6 Å². The Morgan fingerprint density at radius 3 is 2.15 bits per heavy atom. The molecule has 4 nitrogen and oxygen atoms in total. The van der Waals surface area contributed by atoms with Crippen LogP contribution in [0.3, 0.4) is 0 Å². The van der Waals surface area contributed by atoms with E-state index in [0.29, 0.717) is 13.1 Å². The van der Waals surface area contributed by atoms with Gasteiger partial charge in [0.2, 0.25) is 0 Å². The van der Waals surface area contributed by atoms with Gasteiger partial charge in [-0.3, -0.25) is 14.3 Å². The van der Waals surface area contributed by atoms with Gasteiger partial charge in [0.1, 0.15) is 5.82 Å². The second-order valence-corrected chi connectivity index (χ2v) is 8.94. The van der Waals surface area contributed by atoms with Gasteiger partial charge in [-0.25, -0.2) is 4.98 Å². The molecule has 5 heteroatoms. The predicted octanol–water partition coefficient (Wildman–Crippen LogP) is 5.40. The molecular weight excluding hydrogens is 430 g/mol. The second kappa shape index (κ2) is 9.34. The molecule has 4 aromatic rings. The van der Waals surface area contributed by atoms with Gasteiger partial charge in [-0.15, -0.1) is 0 Å². The van der Waals surface area contributed by atoms with Crippen LogP contribution in [-0.2, 0) is 19.5 Å². The van der Waals surface area contributed by atoms with E-state index >= 15 is 0 Å². The van der Waals surface area contributed by atoms with E-state index in [9.17, 15) is 4.79 Å². The molecule has 0 bridgehead atoms. The first-order valence-electron chi connectivity index (χ1n) is 11.3. The topological polar surface area (TPSA) is 38.1 Å². The van der Waals surface area contributed by atoms with E-state index in [1.165, 1.54) is 0 Å². The second-order valence-electron chi connectivity index (χ2n) is 8.54. The minimum Gasteiger partial charge on any atom is -0.294 e. The minimum absolute atomic E-state index is 0.0408. The largest absolute Gasteiger partial charge is 0.294 e. The van der Waals surface area contributed by atoms with Gasteiger partial charge in [0.25, 0.3) is 5.56 Å². The lowest BCUT2D eigenvalue weighted by molar-refractivity contribution is 0.240. The molecule has 0 N–H and O–H groups in total. The molecule has 5 rings (SSSR count). The number of fused-ring (bicyclic) bond motifs is 1. The van der Waals surface area contributed by atoms with Crippen LogP contribution < -0.4 is 5.56 Å². The Hall–Kier alpha value is -3.21. The molecule has 3 aromatic carbocycles. The highest BCUT2D eigenvalue weighted by Crippen LogP contribution is 2.28. The van der Waals surface area contributed by atoms with Crippen LogP contribution in [0.1, 0.15) is 39.8 Å². The Morgan fingerprint density at radius 2 is 1.52 bits per heavy atom. The average molecular weight is 456 g/mol. The summed E-state index contributed by atoms with van der Waals surface area (Å²) >= 11 is 6.39. The fourth-order valence-electron chi connectivity index (χ4n) is 4.73. The lowest BCUT2D eigenvalue weighted by atomic mass is 9.97. The van der Waals surface area contributed by atoms with E-state index in [1.54, 1.807) is 0 Å². The quantitative estimate of drug-likeness (QED) is 0.404. The van der Waals surface area contributed by atoms with Crippen molar-refractivity contribution in [1.82, 2.24) is 14.5 Å². The van der Waals surface area contributed by atoms with Crippen LogP contribution in [0.2, 0.25) is 5.02 Å². The Bertz CT molecular complexity index is 1280. The SMILES string of the molecule is Cc1nc2c(c(=O)n1C(c1ccccc1)c1ccccc1)CN(Cc1ccccc1Cl)CC2. The normalized spacial score (nSPS) is 13.8. The summed E-state index contributed by atoms with van der Waals surface area (Å²) in [6.07, 6.45) is 0.762. The average Bonchev–Trinajstić information content (AvgIpc) is 2.85. The summed E-state index contributed by atoms with van der Waals surface area (Å²) < 4.78 is 1.86. The Kier molecular flexibility index (Phi) is 6.12. The van der Waals surface area contributed by atoms with Gasteiger partial charge in [-0.2, -0.15) is 0 Å². The lowest BCUT2D eigenvalue weighted by Gasteiger charge is -2.30. The fraction of sp³-hybridized carbons (Fsp3) is 0.214. The Morgan fingerprint density at radius 1 is 0.909 bits per heavy atom. The van der Waals surface area contributed by atoms with Crippen molar-refractivity contribution in [3.8, 4) is 0 Å². The number of halogens is 1. The molecule has 0 atom stereocenters. The molecule has 0 fully saturated rings. The van der Waals surface area contributed by atoms with Crippen LogP contribution in [-0.4, -0.2) is 21.0 Å². The van der Waals surface area contributed by atoms with Crippen molar-refractivity contribution in [3.63, 3.8) is 0 Å². The summed E-state index contributed by atoms with van der Waals surface area (Å²) in [7, 11) is 0. The molecule has 1 aliphatic heterocycles. The molecule has 0 amide bonds. The highest BCUT2D eigenvalue weighted by atomic mass is 35.5. The number of hydrogen-bond donors (Lipinski definition) is 0. The van der Waals surface area contributed by atoms with E-state index in [2.05, 4.69) is 29.2 Å². The van der Waals surface area contributed by atoms with E-state index in [4.69, 9.17) is 16.6 Å². The first kappa shape index (κ1) is 21.6. The zero-order valence-electron chi connectivity index (χ0n) is 18.6. The van der Waals surface area contributed by atoms with Crippen molar-refractivity contribution in [3.05, 3.63) is 134 Å². The maximum atomic E-state index is 14.0. The number of aromatic nitrogens is 2. The lowest BCUT2D eigenvalue weighted by Crippen LogP contribution is -2.40. The van der Waals surface area contributed by atoms with Crippen LogP contribution in [0.15, 0.2) is 89.7 Å². The maximum absolute atomic E-state index is 14.0. The highest BCUT2D eigenvalue weighted by molar-refractivity contribution is 6.31. The zero-order valence-corrected chi connectivity index (χ0v) is 19.4. The van der Waals surface area contributed by atoms with Crippen LogP contribution >= 0.6 is 11.6 Å². The van der Waals surface area contributed by atoms with Crippen molar-refractivity contribution in [1.29, 1.82) is 0 Å². The first-order valence-corrected chi connectivity index (χ1v) is 11.7. The monoisotopic (exact) mass is 455 g/mol. The molecule has 0 saturated carbocycles. The van der Waals surface area contributed by atoms with Crippen molar-refractivity contribution in [2.45, 2.75) is 32.5 Å². The highest BCUT2D eigenvalue weighted by Gasteiger charge is 2.27. The Balaban J connectivity index is 1.57.